The molecule has 8 heteroatoms. The number of carbonyl (C=O) groups is 1. The summed E-state index contributed by atoms with van der Waals surface area (Å²) in [5, 5.41) is 4.46. The van der Waals surface area contributed by atoms with Gasteiger partial charge in [-0.2, -0.15) is 5.10 Å². The smallest absolute Gasteiger partial charge is 0.273 e. The standard InChI is InChI=1S/C19H16FN5O2/c1-24-13(6-8-23-24)19(26)25-9-7-12-16(22-10-21-12)17(25)18-15(20)11-4-2-3-5-14(11)27-18/h2-6,8,10,17H,7,9H2,1H3,(H,21,22)/t17-/m0/s1. The number of H-pyrrole nitrogens is 1. The van der Waals surface area contributed by atoms with Crippen molar-refractivity contribution in [2.24, 2.45) is 7.05 Å². The van der Waals surface area contributed by atoms with Gasteiger partial charge in [0, 0.05) is 31.9 Å². The molecule has 0 radical (unpaired) electrons. The maximum atomic E-state index is 15.2. The summed E-state index contributed by atoms with van der Waals surface area (Å²) in [7, 11) is 1.70. The molecule has 1 aliphatic rings. The Kier molecular flexibility index (Phi) is 3.40. The third-order valence-corrected chi connectivity index (χ3v) is 5.03. The van der Waals surface area contributed by atoms with Crippen LogP contribution < -0.4 is 0 Å². The summed E-state index contributed by atoms with van der Waals surface area (Å²) < 4.78 is 22.5. The van der Waals surface area contributed by atoms with Gasteiger partial charge in [0.2, 0.25) is 0 Å². The van der Waals surface area contributed by atoms with Crippen LogP contribution in [0.3, 0.4) is 0 Å². The van der Waals surface area contributed by atoms with Crippen molar-refractivity contribution in [2.75, 3.05) is 6.54 Å². The molecule has 1 atom stereocenters. The van der Waals surface area contributed by atoms with E-state index in [9.17, 15) is 4.79 Å². The van der Waals surface area contributed by atoms with Crippen LogP contribution in [0.4, 0.5) is 4.39 Å². The van der Waals surface area contributed by atoms with E-state index < -0.39 is 11.9 Å². The largest absolute Gasteiger partial charge is 0.455 e. The van der Waals surface area contributed by atoms with E-state index in [1.165, 1.54) is 4.68 Å². The molecule has 0 aliphatic carbocycles. The molecule has 0 unspecified atom stereocenters. The van der Waals surface area contributed by atoms with Crippen LogP contribution in [0.2, 0.25) is 0 Å². The second-order valence-electron chi connectivity index (χ2n) is 6.53. The molecule has 7 nitrogen and oxygen atoms in total. The molecule has 0 spiro atoms. The van der Waals surface area contributed by atoms with E-state index in [-0.39, 0.29) is 11.7 Å². The summed E-state index contributed by atoms with van der Waals surface area (Å²) >= 11 is 0. The van der Waals surface area contributed by atoms with E-state index in [1.54, 1.807) is 54.8 Å². The number of aromatic nitrogens is 4. The average Bonchev–Trinajstić information content (AvgIpc) is 3.39. The second kappa shape index (κ2) is 5.80. The van der Waals surface area contributed by atoms with Gasteiger partial charge in [-0.15, -0.1) is 0 Å². The number of benzene rings is 1. The lowest BCUT2D eigenvalue weighted by Gasteiger charge is -2.33. The van der Waals surface area contributed by atoms with E-state index in [1.807, 2.05) is 0 Å². The van der Waals surface area contributed by atoms with Crippen molar-refractivity contribution in [3.05, 3.63) is 71.5 Å². The summed E-state index contributed by atoms with van der Waals surface area (Å²) in [6, 6.07) is 7.82. The number of carbonyl (C=O) groups excluding carboxylic acids is 1. The van der Waals surface area contributed by atoms with Crippen LogP contribution in [0, 0.1) is 5.82 Å². The number of nitrogens with zero attached hydrogens (tertiary/aromatic N) is 4. The topological polar surface area (TPSA) is 80.0 Å². The number of halogens is 1. The van der Waals surface area contributed by atoms with Gasteiger partial charge in [0.1, 0.15) is 17.3 Å². The Bertz CT molecular complexity index is 1160. The van der Waals surface area contributed by atoms with Crippen LogP contribution in [0.15, 0.2) is 47.3 Å². The lowest BCUT2D eigenvalue weighted by atomic mass is 9.99. The van der Waals surface area contributed by atoms with Crippen LogP contribution >= 0.6 is 0 Å². The minimum Gasteiger partial charge on any atom is -0.455 e. The number of hydrogen-bond acceptors (Lipinski definition) is 4. The second-order valence-corrected chi connectivity index (χ2v) is 6.53. The van der Waals surface area contributed by atoms with Gasteiger partial charge >= 0.3 is 0 Å². The number of aromatic amines is 1. The Labute approximate surface area is 153 Å². The summed E-state index contributed by atoms with van der Waals surface area (Å²) in [5.74, 6) is -0.609. The third kappa shape index (κ3) is 2.29. The lowest BCUT2D eigenvalue weighted by molar-refractivity contribution is 0.0657. The fraction of sp³-hybridized carbons (Fsp3) is 0.211. The van der Waals surface area contributed by atoms with Gasteiger partial charge in [0.05, 0.1) is 17.4 Å². The Balaban J connectivity index is 1.68. The first-order chi connectivity index (χ1) is 13.1. The molecule has 27 heavy (non-hydrogen) atoms. The first kappa shape index (κ1) is 15.8. The normalized spacial score (nSPS) is 16.7. The summed E-state index contributed by atoms with van der Waals surface area (Å²) in [6.07, 6.45) is 3.74. The first-order valence-electron chi connectivity index (χ1n) is 8.63. The summed E-state index contributed by atoms with van der Waals surface area (Å²) in [6.45, 7) is 0.417. The molecule has 4 heterocycles. The molecule has 4 aromatic rings. The first-order valence-corrected chi connectivity index (χ1v) is 8.63. The van der Waals surface area contributed by atoms with Gasteiger partial charge in [-0.1, -0.05) is 12.1 Å². The number of para-hydroxylation sites is 1. The Morgan fingerprint density at radius 1 is 1.33 bits per heavy atom. The molecular weight excluding hydrogens is 349 g/mol. The number of aryl methyl sites for hydroxylation is 1. The van der Waals surface area contributed by atoms with Crippen LogP contribution in [0.25, 0.3) is 11.0 Å². The fourth-order valence-electron chi connectivity index (χ4n) is 3.70. The highest BCUT2D eigenvalue weighted by Gasteiger charge is 2.39. The van der Waals surface area contributed by atoms with Gasteiger partial charge in [-0.3, -0.25) is 9.48 Å². The predicted molar refractivity (Wildman–Crippen MR) is 94.6 cm³/mol. The third-order valence-electron chi connectivity index (χ3n) is 5.03. The van der Waals surface area contributed by atoms with Crippen molar-refractivity contribution in [3.8, 4) is 0 Å². The number of imidazole rings is 1. The van der Waals surface area contributed by atoms with Crippen molar-refractivity contribution < 1.29 is 13.6 Å². The zero-order valence-electron chi connectivity index (χ0n) is 14.5. The van der Waals surface area contributed by atoms with Gasteiger partial charge in [-0.05, 0) is 18.2 Å². The monoisotopic (exact) mass is 365 g/mol. The quantitative estimate of drug-likeness (QED) is 0.592. The Morgan fingerprint density at radius 2 is 2.19 bits per heavy atom. The van der Waals surface area contributed by atoms with Crippen molar-refractivity contribution >= 4 is 16.9 Å². The zero-order chi connectivity index (χ0) is 18.5. The lowest BCUT2D eigenvalue weighted by Crippen LogP contribution is -2.41. The predicted octanol–water partition coefficient (Wildman–Crippen LogP) is 2.82. The van der Waals surface area contributed by atoms with Gasteiger partial charge in [0.25, 0.3) is 5.91 Å². The van der Waals surface area contributed by atoms with Crippen molar-refractivity contribution in [3.63, 3.8) is 0 Å². The molecule has 5 rings (SSSR count). The molecule has 1 amide bonds. The summed E-state index contributed by atoms with van der Waals surface area (Å²) in [4.78, 5) is 22.2. The van der Waals surface area contributed by atoms with Gasteiger partial charge in [-0.25, -0.2) is 9.37 Å². The Hall–Kier alpha value is -3.42. The highest BCUT2D eigenvalue weighted by atomic mass is 19.1. The number of amides is 1. The van der Waals surface area contributed by atoms with Crippen LogP contribution in [0.1, 0.15) is 33.7 Å². The van der Waals surface area contributed by atoms with E-state index in [4.69, 9.17) is 4.42 Å². The highest BCUT2D eigenvalue weighted by molar-refractivity contribution is 5.93. The Morgan fingerprint density at radius 3 is 2.96 bits per heavy atom. The fourth-order valence-corrected chi connectivity index (χ4v) is 3.70. The maximum absolute atomic E-state index is 15.2. The van der Waals surface area contributed by atoms with E-state index in [0.717, 1.165) is 5.69 Å². The molecule has 0 bridgehead atoms. The number of furan rings is 1. The van der Waals surface area contributed by atoms with Crippen molar-refractivity contribution in [1.29, 1.82) is 0 Å². The van der Waals surface area contributed by atoms with E-state index in [0.29, 0.717) is 35.3 Å². The van der Waals surface area contributed by atoms with Crippen LogP contribution in [0.5, 0.6) is 0 Å². The molecule has 0 saturated heterocycles. The van der Waals surface area contributed by atoms with Crippen molar-refractivity contribution in [2.45, 2.75) is 12.5 Å². The minimum atomic E-state index is -0.741. The van der Waals surface area contributed by atoms with Gasteiger partial charge < -0.3 is 14.3 Å². The van der Waals surface area contributed by atoms with E-state index >= 15 is 4.39 Å². The molecule has 136 valence electrons. The number of hydrogen-bond donors (Lipinski definition) is 1. The van der Waals surface area contributed by atoms with Crippen molar-refractivity contribution in [1.82, 2.24) is 24.6 Å². The molecule has 0 saturated carbocycles. The molecule has 1 aromatic carbocycles. The number of fused-ring (bicyclic) bond motifs is 2. The molecule has 1 N–H and O–H groups in total. The minimum absolute atomic E-state index is 0.0970. The van der Waals surface area contributed by atoms with Gasteiger partial charge in [0.15, 0.2) is 11.6 Å². The molecular formula is C19H16FN5O2. The number of rotatable bonds is 2. The average molecular weight is 365 g/mol. The molecule has 0 fully saturated rings. The maximum Gasteiger partial charge on any atom is 0.273 e. The highest BCUT2D eigenvalue weighted by Crippen LogP contribution is 2.39. The molecule has 1 aliphatic heterocycles. The number of nitrogens with one attached hydrogen (secondary N) is 1. The summed E-state index contributed by atoms with van der Waals surface area (Å²) in [5.41, 5.74) is 2.36. The molecule has 3 aromatic heterocycles. The van der Waals surface area contributed by atoms with E-state index in [2.05, 4.69) is 15.1 Å². The van der Waals surface area contributed by atoms with Crippen LogP contribution in [-0.4, -0.2) is 37.1 Å². The SMILES string of the molecule is Cn1nccc1C(=O)N1CCc2[nH]cnc2[C@H]1c1oc2ccccc2c1F. The zero-order valence-corrected chi connectivity index (χ0v) is 14.5. The van der Waals surface area contributed by atoms with Crippen LogP contribution in [-0.2, 0) is 13.5 Å².